The van der Waals surface area contributed by atoms with Crippen molar-refractivity contribution in [1.82, 2.24) is 5.32 Å². The van der Waals surface area contributed by atoms with Crippen LogP contribution in [0.2, 0.25) is 0 Å². The van der Waals surface area contributed by atoms with E-state index in [2.05, 4.69) is 20.1 Å². The smallest absolute Gasteiger partial charge is 0.270 e. The molecule has 0 aliphatic carbocycles. The van der Waals surface area contributed by atoms with E-state index in [1.807, 2.05) is 0 Å². The Bertz CT molecular complexity index is 532. The Hall–Kier alpha value is -1.15. The van der Waals surface area contributed by atoms with E-state index in [0.717, 1.165) is 6.92 Å². The maximum atomic E-state index is 11.8. The van der Waals surface area contributed by atoms with Crippen LogP contribution < -0.4 is 21.1 Å². The zero-order valence-electron chi connectivity index (χ0n) is 13.1. The number of carbonyl (C=O) groups excluding carboxylic acids is 2. The Morgan fingerprint density at radius 2 is 2.00 bits per heavy atom. The number of carboxylic acid groups (broad SMARTS) is 1. The van der Waals surface area contributed by atoms with Crippen LogP contribution in [0.5, 0.6) is 0 Å². The number of amides is 1. The van der Waals surface area contributed by atoms with Crippen molar-refractivity contribution in [2.75, 3.05) is 13.2 Å². The van der Waals surface area contributed by atoms with Crippen LogP contribution in [0.15, 0.2) is 0 Å². The molecule has 0 bridgehead atoms. The highest BCUT2D eigenvalue weighted by Crippen LogP contribution is 2.42. The molecule has 0 spiro atoms. The monoisotopic (exact) mass is 387 g/mol. The Morgan fingerprint density at radius 1 is 1.40 bits per heavy atom. The number of carboxylic acids is 1. The van der Waals surface area contributed by atoms with Gasteiger partial charge in [-0.15, -0.1) is 0 Å². The zero-order valence-corrected chi connectivity index (χ0v) is 14.0. The lowest BCUT2D eigenvalue weighted by atomic mass is 9.97. The van der Waals surface area contributed by atoms with Gasteiger partial charge in [0.1, 0.15) is 43.0 Å². The molecule has 7 N–H and O–H groups in total. The van der Waals surface area contributed by atoms with E-state index in [4.69, 9.17) is 9.84 Å². The molecule has 13 nitrogen and oxygen atoms in total. The van der Waals surface area contributed by atoms with E-state index >= 15 is 0 Å². The van der Waals surface area contributed by atoms with Crippen LogP contribution in [0.25, 0.3) is 0 Å². The van der Waals surface area contributed by atoms with Crippen LogP contribution in [0.3, 0.4) is 0 Å². The van der Waals surface area contributed by atoms with Gasteiger partial charge in [0, 0.05) is 6.92 Å². The molecule has 14 heteroatoms. The predicted octanol–water partition coefficient (Wildman–Crippen LogP) is -6.21. The van der Waals surface area contributed by atoms with Crippen molar-refractivity contribution in [3.8, 4) is 0 Å². The van der Waals surface area contributed by atoms with Gasteiger partial charge in [-0.25, -0.2) is 0 Å². The van der Waals surface area contributed by atoms with Crippen LogP contribution >= 0.6 is 7.82 Å². The second-order valence-electron chi connectivity index (χ2n) is 5.30. The van der Waals surface area contributed by atoms with E-state index in [1.54, 1.807) is 0 Å². The molecule has 0 saturated carbocycles. The lowest BCUT2D eigenvalue weighted by Gasteiger charge is -2.43. The highest BCUT2D eigenvalue weighted by atomic mass is 31.2. The van der Waals surface area contributed by atoms with Gasteiger partial charge in [0.2, 0.25) is 5.91 Å². The summed E-state index contributed by atoms with van der Waals surface area (Å²) in [5.41, 5.74) is 3.09. The first-order chi connectivity index (χ1) is 11.5. The van der Waals surface area contributed by atoms with Crippen LogP contribution in [0, 0.1) is 0 Å². The van der Waals surface area contributed by atoms with Crippen molar-refractivity contribution < 1.29 is 59.0 Å². The number of carbonyl (C=O) groups is 2. The summed E-state index contributed by atoms with van der Waals surface area (Å²) in [7, 11) is -5.15. The van der Waals surface area contributed by atoms with Gasteiger partial charge in [0.15, 0.2) is 6.29 Å². The number of quaternary nitrogens is 1. The molecular formula is C11H20N2O11P-. The molecule has 2 unspecified atom stereocenters. The fraction of sp³-hybridized carbons (Fsp3) is 0.818. The third kappa shape index (κ3) is 6.26. The molecule has 0 aromatic rings. The van der Waals surface area contributed by atoms with E-state index in [-0.39, 0.29) is 0 Å². The first-order valence-electron chi connectivity index (χ1n) is 7.06. The van der Waals surface area contributed by atoms with E-state index < -0.39 is 69.6 Å². The SMILES string of the molecule is CC(=O)N[C@H]1C(OP(=O)([O-])OC[C@H]([NH3+])C(=O)[O-])O[C@H](CO)[C@@H](O)[C@@H]1O. The third-order valence-corrected chi connectivity index (χ3v) is 4.18. The van der Waals surface area contributed by atoms with Gasteiger partial charge >= 0.3 is 0 Å². The molecular weight excluding hydrogens is 367 g/mol. The molecule has 1 fully saturated rings. The number of phosphoric ester groups is 1. The lowest BCUT2D eigenvalue weighted by molar-refractivity contribution is -0.441. The average molecular weight is 387 g/mol. The maximum absolute atomic E-state index is 11.8. The van der Waals surface area contributed by atoms with Crippen LogP contribution in [0.1, 0.15) is 6.92 Å². The Balaban J connectivity index is 2.86. The third-order valence-electron chi connectivity index (χ3n) is 3.25. The Labute approximate surface area is 141 Å². The van der Waals surface area contributed by atoms with Crippen LogP contribution in [-0.2, 0) is 27.9 Å². The van der Waals surface area contributed by atoms with Gasteiger partial charge in [0.25, 0.3) is 7.82 Å². The molecule has 0 aromatic heterocycles. The maximum Gasteiger partial charge on any atom is 0.270 e. The minimum Gasteiger partial charge on any atom is -0.756 e. The lowest BCUT2D eigenvalue weighted by Crippen LogP contribution is -2.70. The predicted molar refractivity (Wildman–Crippen MR) is 71.7 cm³/mol. The Morgan fingerprint density at radius 3 is 2.48 bits per heavy atom. The van der Waals surface area contributed by atoms with Gasteiger partial charge in [-0.3, -0.25) is 13.9 Å². The molecule has 0 radical (unpaired) electrons. The number of aliphatic carboxylic acids is 1. The average Bonchev–Trinajstić information content (AvgIpc) is 2.51. The quantitative estimate of drug-likeness (QED) is 0.246. The van der Waals surface area contributed by atoms with Gasteiger partial charge in [-0.2, -0.15) is 0 Å². The molecule has 25 heavy (non-hydrogen) atoms. The molecule has 1 aliphatic heterocycles. The van der Waals surface area contributed by atoms with Crippen molar-refractivity contribution in [3.05, 3.63) is 0 Å². The van der Waals surface area contributed by atoms with Crippen molar-refractivity contribution >= 4 is 19.7 Å². The largest absolute Gasteiger partial charge is 0.756 e. The molecule has 1 amide bonds. The number of rotatable bonds is 8. The fourth-order valence-corrected chi connectivity index (χ4v) is 2.83. The first kappa shape index (κ1) is 21.9. The van der Waals surface area contributed by atoms with Crippen LogP contribution in [-0.4, -0.2) is 77.1 Å². The number of hydrogen-bond acceptors (Lipinski definition) is 11. The second kappa shape index (κ2) is 8.98. The normalized spacial score (nSPS) is 33.3. The van der Waals surface area contributed by atoms with Crippen molar-refractivity contribution in [1.29, 1.82) is 0 Å². The molecule has 1 aliphatic rings. The molecule has 1 rings (SSSR count). The van der Waals surface area contributed by atoms with Crippen molar-refractivity contribution in [2.24, 2.45) is 0 Å². The number of ether oxygens (including phenoxy) is 1. The molecule has 1 heterocycles. The summed E-state index contributed by atoms with van der Waals surface area (Å²) in [6, 6.07) is -3.00. The summed E-state index contributed by atoms with van der Waals surface area (Å²) in [4.78, 5) is 33.5. The van der Waals surface area contributed by atoms with Gasteiger partial charge in [-0.05, 0) is 0 Å². The van der Waals surface area contributed by atoms with Gasteiger partial charge < -0.3 is 50.4 Å². The fourth-order valence-electron chi connectivity index (χ4n) is 1.97. The summed E-state index contributed by atoms with van der Waals surface area (Å²) >= 11 is 0. The minimum absolute atomic E-state index is 0.688. The molecule has 1 saturated heterocycles. The minimum atomic E-state index is -5.15. The highest BCUT2D eigenvalue weighted by Gasteiger charge is 2.46. The molecule has 146 valence electrons. The standard InChI is InChI=1S/C11H21N2O11P/c1-4(15)13-7-9(17)8(16)6(2-14)23-11(7)24-25(20,21)22-3-5(12)10(18)19/h5-9,11,14,16-17H,2-3,12H2,1H3,(H,13,15)(H,18,19)(H,20,21)/p-1/t5-,6+,7+,8+,9+,11?/m0/s1. The van der Waals surface area contributed by atoms with E-state index in [1.165, 1.54) is 0 Å². The zero-order chi connectivity index (χ0) is 19.4. The van der Waals surface area contributed by atoms with Crippen molar-refractivity contribution in [2.45, 2.75) is 43.6 Å². The summed E-state index contributed by atoms with van der Waals surface area (Å²) in [6.45, 7) is -0.593. The van der Waals surface area contributed by atoms with Gasteiger partial charge in [0.05, 0.1) is 6.61 Å². The number of hydrogen-bond donors (Lipinski definition) is 5. The Kier molecular flexibility index (Phi) is 7.87. The summed E-state index contributed by atoms with van der Waals surface area (Å²) in [5, 5.41) is 41.5. The van der Waals surface area contributed by atoms with E-state index in [9.17, 15) is 34.4 Å². The van der Waals surface area contributed by atoms with E-state index in [0.29, 0.717) is 0 Å². The summed E-state index contributed by atoms with van der Waals surface area (Å²) < 4.78 is 25.7. The van der Waals surface area contributed by atoms with Crippen molar-refractivity contribution in [3.63, 3.8) is 0 Å². The highest BCUT2D eigenvalue weighted by molar-refractivity contribution is 7.45. The molecule has 0 aromatic carbocycles. The van der Waals surface area contributed by atoms with Crippen LogP contribution in [0.4, 0.5) is 0 Å². The van der Waals surface area contributed by atoms with Gasteiger partial charge in [-0.1, -0.05) is 0 Å². The topological polar surface area (TPSA) is 225 Å². The number of phosphoric acid groups is 1. The number of aliphatic hydroxyl groups is 3. The second-order valence-corrected chi connectivity index (χ2v) is 6.66. The number of nitrogens with one attached hydrogen (secondary N) is 1. The molecule has 7 atom stereocenters. The summed E-state index contributed by atoms with van der Waals surface area (Å²) in [6.07, 6.45) is -6.58. The number of aliphatic hydroxyl groups excluding tert-OH is 3. The summed E-state index contributed by atoms with van der Waals surface area (Å²) in [5.74, 6) is -2.34. The first-order valence-corrected chi connectivity index (χ1v) is 8.52.